The molecule has 0 aliphatic carbocycles. The van der Waals surface area contributed by atoms with Crippen LogP contribution < -0.4 is 5.32 Å². The van der Waals surface area contributed by atoms with Gasteiger partial charge in [-0.15, -0.1) is 0 Å². The van der Waals surface area contributed by atoms with Crippen molar-refractivity contribution in [3.8, 4) is 0 Å². The number of hydrogen-bond acceptors (Lipinski definition) is 2. The lowest BCUT2D eigenvalue weighted by atomic mass is 10.0. The molecule has 0 amide bonds. The molecule has 0 fully saturated rings. The van der Waals surface area contributed by atoms with Crippen molar-refractivity contribution in [3.63, 3.8) is 0 Å². The third-order valence-corrected chi connectivity index (χ3v) is 3.34. The molecule has 0 spiro atoms. The van der Waals surface area contributed by atoms with Gasteiger partial charge >= 0.3 is 0 Å². The molecule has 96 valence electrons. The highest BCUT2D eigenvalue weighted by molar-refractivity contribution is 5.25. The van der Waals surface area contributed by atoms with Crippen molar-refractivity contribution in [1.82, 2.24) is 15.1 Å². The van der Waals surface area contributed by atoms with E-state index in [0.717, 1.165) is 12.1 Å². The zero-order valence-corrected chi connectivity index (χ0v) is 11.6. The van der Waals surface area contributed by atoms with Gasteiger partial charge in [-0.05, 0) is 32.5 Å². The van der Waals surface area contributed by atoms with Crippen LogP contribution in [0.4, 0.5) is 0 Å². The Bertz CT molecular complexity index is 511. The predicted molar refractivity (Wildman–Crippen MR) is 74.6 cm³/mol. The summed E-state index contributed by atoms with van der Waals surface area (Å²) in [5.41, 5.74) is 4.95. The molecular weight excluding hydrogens is 222 g/mol. The molecule has 2 rings (SSSR count). The Morgan fingerprint density at radius 2 is 1.89 bits per heavy atom. The van der Waals surface area contributed by atoms with Gasteiger partial charge in [0.2, 0.25) is 0 Å². The summed E-state index contributed by atoms with van der Waals surface area (Å²) in [6.45, 7) is 4.15. The van der Waals surface area contributed by atoms with Gasteiger partial charge in [-0.25, -0.2) is 0 Å². The minimum atomic E-state index is 0.334. The van der Waals surface area contributed by atoms with E-state index in [4.69, 9.17) is 0 Å². The molecule has 18 heavy (non-hydrogen) atoms. The molecule has 2 aromatic rings. The van der Waals surface area contributed by atoms with Crippen molar-refractivity contribution in [2.24, 2.45) is 7.05 Å². The maximum atomic E-state index is 4.40. The van der Waals surface area contributed by atoms with E-state index < -0.39 is 0 Å². The molecule has 1 aromatic heterocycles. The van der Waals surface area contributed by atoms with E-state index in [2.05, 4.69) is 47.7 Å². The van der Waals surface area contributed by atoms with Gasteiger partial charge in [0.15, 0.2) is 0 Å². The van der Waals surface area contributed by atoms with E-state index in [0.29, 0.717) is 6.04 Å². The number of aryl methyl sites for hydroxylation is 3. The number of benzene rings is 1. The Labute approximate surface area is 109 Å². The lowest BCUT2D eigenvalue weighted by Crippen LogP contribution is -2.20. The topological polar surface area (TPSA) is 29.9 Å². The molecule has 0 aliphatic heterocycles. The van der Waals surface area contributed by atoms with Crippen LogP contribution in [0.2, 0.25) is 0 Å². The van der Waals surface area contributed by atoms with Crippen LogP contribution >= 0.6 is 0 Å². The fourth-order valence-corrected chi connectivity index (χ4v) is 2.25. The van der Waals surface area contributed by atoms with Crippen LogP contribution in [0.1, 0.15) is 28.6 Å². The number of nitrogens with one attached hydrogen (secondary N) is 1. The number of nitrogens with zero attached hydrogens (tertiary/aromatic N) is 2. The summed E-state index contributed by atoms with van der Waals surface area (Å²) < 4.78 is 1.97. The molecule has 0 aliphatic rings. The van der Waals surface area contributed by atoms with Gasteiger partial charge in [-0.2, -0.15) is 5.10 Å². The smallest absolute Gasteiger partial charge is 0.0596 e. The highest BCUT2D eigenvalue weighted by Gasteiger charge is 2.12. The van der Waals surface area contributed by atoms with E-state index in [1.54, 1.807) is 0 Å². The quantitative estimate of drug-likeness (QED) is 0.894. The fourth-order valence-electron chi connectivity index (χ4n) is 2.25. The van der Waals surface area contributed by atoms with E-state index in [1.165, 1.54) is 16.8 Å². The van der Waals surface area contributed by atoms with E-state index in [9.17, 15) is 0 Å². The lowest BCUT2D eigenvalue weighted by Gasteiger charge is -2.17. The Balaban J connectivity index is 2.19. The van der Waals surface area contributed by atoms with Gasteiger partial charge in [-0.1, -0.05) is 29.8 Å². The van der Waals surface area contributed by atoms with Crippen molar-refractivity contribution >= 4 is 0 Å². The van der Waals surface area contributed by atoms with Crippen molar-refractivity contribution in [2.45, 2.75) is 26.3 Å². The molecule has 3 heteroatoms. The standard InChI is InChI=1S/C15H21N3/c1-11-5-7-13(8-6-11)15(16-3)10-14-9-12(2)17-18(14)4/h5-9,15-16H,10H2,1-4H3. The fraction of sp³-hybridized carbons (Fsp3) is 0.400. The molecule has 1 N–H and O–H groups in total. The highest BCUT2D eigenvalue weighted by atomic mass is 15.3. The average Bonchev–Trinajstić information content (AvgIpc) is 2.66. The minimum absolute atomic E-state index is 0.334. The molecular formula is C15H21N3. The van der Waals surface area contributed by atoms with Crippen molar-refractivity contribution in [2.75, 3.05) is 7.05 Å². The van der Waals surface area contributed by atoms with Crippen LogP contribution in [0.25, 0.3) is 0 Å². The van der Waals surface area contributed by atoms with Gasteiger partial charge in [0, 0.05) is 25.2 Å². The number of aromatic nitrogens is 2. The summed E-state index contributed by atoms with van der Waals surface area (Å²) in [7, 11) is 4.01. The van der Waals surface area contributed by atoms with E-state index >= 15 is 0 Å². The second-order valence-corrected chi connectivity index (χ2v) is 4.86. The minimum Gasteiger partial charge on any atom is -0.313 e. The van der Waals surface area contributed by atoms with Crippen molar-refractivity contribution in [3.05, 3.63) is 52.8 Å². The zero-order chi connectivity index (χ0) is 13.1. The molecule has 1 unspecified atom stereocenters. The van der Waals surface area contributed by atoms with Crippen molar-refractivity contribution < 1.29 is 0 Å². The molecule has 0 bridgehead atoms. The van der Waals surface area contributed by atoms with E-state index in [-0.39, 0.29) is 0 Å². The first-order valence-electron chi connectivity index (χ1n) is 6.33. The Morgan fingerprint density at radius 3 is 2.39 bits per heavy atom. The maximum absolute atomic E-state index is 4.40. The second-order valence-electron chi connectivity index (χ2n) is 4.86. The van der Waals surface area contributed by atoms with Gasteiger partial charge in [-0.3, -0.25) is 4.68 Å². The third kappa shape index (κ3) is 2.79. The first-order valence-corrected chi connectivity index (χ1v) is 6.33. The van der Waals surface area contributed by atoms with Crippen LogP contribution in [0.5, 0.6) is 0 Å². The number of rotatable bonds is 4. The van der Waals surface area contributed by atoms with Gasteiger partial charge in [0.1, 0.15) is 0 Å². The first kappa shape index (κ1) is 12.8. The van der Waals surface area contributed by atoms with E-state index in [1.807, 2.05) is 25.7 Å². The highest BCUT2D eigenvalue weighted by Crippen LogP contribution is 2.18. The SMILES string of the molecule is CNC(Cc1cc(C)nn1C)c1ccc(C)cc1. The normalized spacial score (nSPS) is 12.7. The Morgan fingerprint density at radius 1 is 1.22 bits per heavy atom. The molecule has 3 nitrogen and oxygen atoms in total. The molecule has 1 atom stereocenters. The van der Waals surface area contributed by atoms with Crippen LogP contribution in [0.15, 0.2) is 30.3 Å². The number of likely N-dealkylation sites (N-methyl/N-ethyl adjacent to an activating group) is 1. The summed E-state index contributed by atoms with van der Waals surface area (Å²) in [4.78, 5) is 0. The average molecular weight is 243 g/mol. The second kappa shape index (κ2) is 5.36. The summed E-state index contributed by atoms with van der Waals surface area (Å²) in [6.07, 6.45) is 0.955. The first-order chi connectivity index (χ1) is 8.60. The summed E-state index contributed by atoms with van der Waals surface area (Å²) in [6, 6.07) is 11.2. The molecule has 0 saturated heterocycles. The number of hydrogen-bond donors (Lipinski definition) is 1. The maximum Gasteiger partial charge on any atom is 0.0596 e. The van der Waals surface area contributed by atoms with Gasteiger partial charge < -0.3 is 5.32 Å². The molecule has 0 saturated carbocycles. The Hall–Kier alpha value is -1.61. The zero-order valence-electron chi connectivity index (χ0n) is 11.6. The van der Waals surface area contributed by atoms with Crippen LogP contribution in [-0.4, -0.2) is 16.8 Å². The molecule has 1 heterocycles. The van der Waals surface area contributed by atoms with Gasteiger partial charge in [0.25, 0.3) is 0 Å². The predicted octanol–water partition coefficient (Wildman–Crippen LogP) is 2.54. The summed E-state index contributed by atoms with van der Waals surface area (Å²) in [5, 5.41) is 7.78. The third-order valence-electron chi connectivity index (χ3n) is 3.34. The largest absolute Gasteiger partial charge is 0.313 e. The molecule has 0 radical (unpaired) electrons. The lowest BCUT2D eigenvalue weighted by molar-refractivity contribution is 0.561. The van der Waals surface area contributed by atoms with Crippen molar-refractivity contribution in [1.29, 1.82) is 0 Å². The van der Waals surface area contributed by atoms with Crippen LogP contribution in [0, 0.1) is 13.8 Å². The van der Waals surface area contributed by atoms with Crippen LogP contribution in [0.3, 0.4) is 0 Å². The summed E-state index contributed by atoms with van der Waals surface area (Å²) >= 11 is 0. The summed E-state index contributed by atoms with van der Waals surface area (Å²) in [5.74, 6) is 0. The van der Waals surface area contributed by atoms with Gasteiger partial charge in [0.05, 0.1) is 5.69 Å². The Kier molecular flexibility index (Phi) is 3.82. The monoisotopic (exact) mass is 243 g/mol. The molecule has 1 aromatic carbocycles. The van der Waals surface area contributed by atoms with Crippen LogP contribution in [-0.2, 0) is 13.5 Å².